The van der Waals surface area contributed by atoms with Gasteiger partial charge in [0.15, 0.2) is 0 Å². The number of nitrogens with zero attached hydrogens (tertiary/aromatic N) is 2. The Morgan fingerprint density at radius 1 is 1.22 bits per heavy atom. The minimum Gasteiger partial charge on any atom is -0.506 e. The maximum Gasteiger partial charge on any atom is 0.138 e. The quantitative estimate of drug-likeness (QED) is 0.696. The molecule has 4 heteroatoms. The van der Waals surface area contributed by atoms with Gasteiger partial charge in [-0.3, -0.25) is 9.88 Å². The SMILES string of the molecule is CCCCCN(CCO)Cc1nc(C)ccc1O. The topological polar surface area (TPSA) is 56.6 Å². The number of pyridine rings is 1. The third kappa shape index (κ3) is 5.02. The highest BCUT2D eigenvalue weighted by molar-refractivity contribution is 5.27. The fourth-order valence-corrected chi connectivity index (χ4v) is 1.93. The molecule has 2 N–H and O–H groups in total. The second-order valence-electron chi connectivity index (χ2n) is 4.63. The molecule has 4 nitrogen and oxygen atoms in total. The highest BCUT2D eigenvalue weighted by atomic mass is 16.3. The van der Waals surface area contributed by atoms with Gasteiger partial charge < -0.3 is 10.2 Å². The van der Waals surface area contributed by atoms with Gasteiger partial charge in [-0.25, -0.2) is 0 Å². The van der Waals surface area contributed by atoms with Crippen molar-refractivity contribution < 1.29 is 10.2 Å². The molecule has 0 saturated heterocycles. The van der Waals surface area contributed by atoms with Crippen LogP contribution in [0, 0.1) is 6.92 Å². The van der Waals surface area contributed by atoms with Crippen molar-refractivity contribution >= 4 is 0 Å². The third-order valence-corrected chi connectivity index (χ3v) is 2.96. The van der Waals surface area contributed by atoms with E-state index in [2.05, 4.69) is 16.8 Å². The van der Waals surface area contributed by atoms with Gasteiger partial charge in [0.05, 0.1) is 12.3 Å². The predicted octanol–water partition coefficient (Wildman–Crippen LogP) is 2.08. The van der Waals surface area contributed by atoms with Gasteiger partial charge in [-0.05, 0) is 32.0 Å². The molecule has 18 heavy (non-hydrogen) atoms. The van der Waals surface area contributed by atoms with Gasteiger partial charge in [-0.2, -0.15) is 0 Å². The van der Waals surface area contributed by atoms with Crippen molar-refractivity contribution in [3.63, 3.8) is 0 Å². The van der Waals surface area contributed by atoms with Crippen LogP contribution in [0.5, 0.6) is 5.75 Å². The summed E-state index contributed by atoms with van der Waals surface area (Å²) in [5.74, 6) is 0.235. The molecule has 1 rings (SSSR count). The molecule has 0 fully saturated rings. The van der Waals surface area contributed by atoms with Crippen LogP contribution in [-0.4, -0.2) is 39.8 Å². The van der Waals surface area contributed by atoms with Gasteiger partial charge in [0, 0.05) is 18.8 Å². The molecule has 0 aliphatic rings. The Morgan fingerprint density at radius 3 is 2.67 bits per heavy atom. The van der Waals surface area contributed by atoms with E-state index in [0.717, 1.165) is 18.7 Å². The maximum atomic E-state index is 9.77. The van der Waals surface area contributed by atoms with Crippen LogP contribution >= 0.6 is 0 Å². The fourth-order valence-electron chi connectivity index (χ4n) is 1.93. The summed E-state index contributed by atoms with van der Waals surface area (Å²) in [4.78, 5) is 6.49. The van der Waals surface area contributed by atoms with Crippen LogP contribution in [0.15, 0.2) is 12.1 Å². The number of aromatic nitrogens is 1. The van der Waals surface area contributed by atoms with Gasteiger partial charge in [-0.15, -0.1) is 0 Å². The van der Waals surface area contributed by atoms with Gasteiger partial charge >= 0.3 is 0 Å². The first-order valence-electron chi connectivity index (χ1n) is 6.66. The molecule has 0 aliphatic carbocycles. The van der Waals surface area contributed by atoms with Crippen molar-refractivity contribution in [1.82, 2.24) is 9.88 Å². The van der Waals surface area contributed by atoms with Gasteiger partial charge in [-0.1, -0.05) is 19.8 Å². The van der Waals surface area contributed by atoms with Crippen LogP contribution in [0.25, 0.3) is 0 Å². The zero-order valence-electron chi connectivity index (χ0n) is 11.4. The number of rotatable bonds is 8. The summed E-state index contributed by atoms with van der Waals surface area (Å²) in [6.07, 6.45) is 3.49. The smallest absolute Gasteiger partial charge is 0.138 e. The van der Waals surface area contributed by atoms with Crippen LogP contribution in [0.2, 0.25) is 0 Å². The van der Waals surface area contributed by atoms with E-state index in [1.54, 1.807) is 12.1 Å². The first kappa shape index (κ1) is 14.9. The van der Waals surface area contributed by atoms with Crippen molar-refractivity contribution in [2.45, 2.75) is 39.7 Å². The molecule has 1 aromatic rings. The lowest BCUT2D eigenvalue weighted by Crippen LogP contribution is -2.28. The Bertz CT molecular complexity index is 356. The number of hydrogen-bond acceptors (Lipinski definition) is 4. The minimum atomic E-state index is 0.138. The highest BCUT2D eigenvalue weighted by Crippen LogP contribution is 2.17. The zero-order chi connectivity index (χ0) is 13.4. The Balaban J connectivity index is 2.60. The van der Waals surface area contributed by atoms with Crippen molar-refractivity contribution in [3.05, 3.63) is 23.5 Å². The Morgan fingerprint density at radius 2 is 2.00 bits per heavy atom. The van der Waals surface area contributed by atoms with E-state index in [4.69, 9.17) is 5.11 Å². The highest BCUT2D eigenvalue weighted by Gasteiger charge is 2.10. The molecule has 1 heterocycles. The summed E-state index contributed by atoms with van der Waals surface area (Å²) in [6.45, 7) is 6.37. The molecular formula is C14H24N2O2. The lowest BCUT2D eigenvalue weighted by molar-refractivity contribution is 0.184. The zero-order valence-corrected chi connectivity index (χ0v) is 11.4. The van der Waals surface area contributed by atoms with Crippen molar-refractivity contribution in [1.29, 1.82) is 0 Å². The summed E-state index contributed by atoms with van der Waals surface area (Å²) >= 11 is 0. The molecule has 0 unspecified atom stereocenters. The standard InChI is InChI=1S/C14H24N2O2/c1-3-4-5-8-16(9-10-17)11-13-14(18)7-6-12(2)15-13/h6-7,17-18H,3-5,8-11H2,1-2H3. The third-order valence-electron chi connectivity index (χ3n) is 2.96. The van der Waals surface area contributed by atoms with Crippen LogP contribution < -0.4 is 0 Å². The summed E-state index contributed by atoms with van der Waals surface area (Å²) < 4.78 is 0. The molecule has 102 valence electrons. The lowest BCUT2D eigenvalue weighted by Gasteiger charge is -2.21. The molecule has 0 amide bonds. The van der Waals surface area contributed by atoms with Crippen LogP contribution in [0.4, 0.5) is 0 Å². The van der Waals surface area contributed by atoms with E-state index < -0.39 is 0 Å². The normalized spacial score (nSPS) is 11.1. The number of hydrogen-bond donors (Lipinski definition) is 2. The number of aliphatic hydroxyl groups excluding tert-OH is 1. The molecule has 0 radical (unpaired) electrons. The van der Waals surface area contributed by atoms with E-state index >= 15 is 0 Å². The number of aliphatic hydroxyl groups is 1. The predicted molar refractivity (Wildman–Crippen MR) is 72.5 cm³/mol. The summed E-state index contributed by atoms with van der Waals surface area (Å²) in [5.41, 5.74) is 1.60. The average molecular weight is 252 g/mol. The first-order valence-corrected chi connectivity index (χ1v) is 6.66. The largest absolute Gasteiger partial charge is 0.506 e. The molecule has 0 aliphatic heterocycles. The molecule has 0 aromatic carbocycles. The Labute approximate surface area is 109 Å². The van der Waals surface area contributed by atoms with Crippen molar-refractivity contribution in [3.8, 4) is 5.75 Å². The van der Waals surface area contributed by atoms with Crippen LogP contribution in [0.1, 0.15) is 37.6 Å². The number of unbranched alkanes of at least 4 members (excludes halogenated alkanes) is 2. The summed E-state index contributed by atoms with van der Waals surface area (Å²) in [7, 11) is 0. The molecule has 0 atom stereocenters. The molecule has 0 saturated carbocycles. The van der Waals surface area contributed by atoms with Gasteiger partial charge in [0.1, 0.15) is 5.75 Å². The maximum absolute atomic E-state index is 9.77. The average Bonchev–Trinajstić information content (AvgIpc) is 2.34. The molecular weight excluding hydrogens is 228 g/mol. The Kier molecular flexibility index (Phi) is 6.68. The van der Waals surface area contributed by atoms with Crippen LogP contribution in [-0.2, 0) is 6.54 Å². The van der Waals surface area contributed by atoms with E-state index in [1.165, 1.54) is 12.8 Å². The van der Waals surface area contributed by atoms with Crippen molar-refractivity contribution in [2.24, 2.45) is 0 Å². The fraction of sp³-hybridized carbons (Fsp3) is 0.643. The number of aryl methyl sites for hydroxylation is 1. The molecule has 0 bridgehead atoms. The summed E-state index contributed by atoms with van der Waals surface area (Å²) in [5, 5.41) is 18.8. The van der Waals surface area contributed by atoms with E-state index in [9.17, 15) is 5.11 Å². The van der Waals surface area contributed by atoms with E-state index in [0.29, 0.717) is 18.8 Å². The molecule has 0 spiro atoms. The van der Waals surface area contributed by atoms with Gasteiger partial charge in [0.2, 0.25) is 0 Å². The minimum absolute atomic E-state index is 0.138. The lowest BCUT2D eigenvalue weighted by atomic mass is 10.2. The summed E-state index contributed by atoms with van der Waals surface area (Å²) in [6, 6.07) is 3.48. The van der Waals surface area contributed by atoms with Crippen molar-refractivity contribution in [2.75, 3.05) is 19.7 Å². The van der Waals surface area contributed by atoms with E-state index in [1.807, 2.05) is 6.92 Å². The first-order chi connectivity index (χ1) is 8.67. The number of aromatic hydroxyl groups is 1. The van der Waals surface area contributed by atoms with Crippen LogP contribution in [0.3, 0.4) is 0 Å². The van der Waals surface area contributed by atoms with E-state index in [-0.39, 0.29) is 12.4 Å². The second-order valence-corrected chi connectivity index (χ2v) is 4.63. The van der Waals surface area contributed by atoms with Gasteiger partial charge in [0.25, 0.3) is 0 Å². The second kappa shape index (κ2) is 8.06. The monoisotopic (exact) mass is 252 g/mol. The molecule has 1 aromatic heterocycles. The Hall–Kier alpha value is -1.13.